The summed E-state index contributed by atoms with van der Waals surface area (Å²) in [5.41, 5.74) is 1.75. The van der Waals surface area contributed by atoms with Crippen molar-refractivity contribution in [2.45, 2.75) is 73.6 Å². The zero-order chi connectivity index (χ0) is 13.7. The van der Waals surface area contributed by atoms with Crippen molar-refractivity contribution in [3.63, 3.8) is 0 Å². The maximum atomic E-state index is 2.44. The molecule has 0 nitrogen and oxygen atoms in total. The first-order valence-electron chi connectivity index (χ1n) is 8.10. The van der Waals surface area contributed by atoms with Gasteiger partial charge in [0, 0.05) is 0 Å². The summed E-state index contributed by atoms with van der Waals surface area (Å²) in [6.07, 6.45) is 9.50. The molecule has 0 N–H and O–H groups in total. The van der Waals surface area contributed by atoms with Gasteiger partial charge < -0.3 is 0 Å². The van der Waals surface area contributed by atoms with Crippen molar-refractivity contribution < 1.29 is 0 Å². The van der Waals surface area contributed by atoms with Gasteiger partial charge in [0.15, 0.2) is 0 Å². The van der Waals surface area contributed by atoms with Crippen molar-refractivity contribution >= 4 is 0 Å². The summed E-state index contributed by atoms with van der Waals surface area (Å²) in [5.74, 6) is 4.34. The highest BCUT2D eigenvalue weighted by molar-refractivity contribution is 5.08. The van der Waals surface area contributed by atoms with Gasteiger partial charge in [-0.15, -0.1) is 0 Å². The maximum absolute atomic E-state index is 2.44. The Morgan fingerprint density at radius 1 is 1.06 bits per heavy atom. The summed E-state index contributed by atoms with van der Waals surface area (Å²) in [6, 6.07) is 0. The smallest absolute Gasteiger partial charge is 0.0203 e. The van der Waals surface area contributed by atoms with Crippen LogP contribution < -0.4 is 0 Å². The molecule has 1 aliphatic rings. The van der Waals surface area contributed by atoms with Gasteiger partial charge in [-0.2, -0.15) is 0 Å². The van der Waals surface area contributed by atoms with E-state index < -0.39 is 0 Å². The maximum Gasteiger partial charge on any atom is -0.0203 e. The Kier molecular flexibility index (Phi) is 6.46. The SMILES string of the molecule is CC=C(CC(C)C(C)C(C)C)C1CCC(C)CC1. The van der Waals surface area contributed by atoms with E-state index in [1.165, 1.54) is 32.1 Å². The summed E-state index contributed by atoms with van der Waals surface area (Å²) in [5, 5.41) is 0. The Morgan fingerprint density at radius 2 is 1.61 bits per heavy atom. The van der Waals surface area contributed by atoms with Crippen molar-refractivity contribution in [1.29, 1.82) is 0 Å². The zero-order valence-electron chi connectivity index (χ0n) is 13.5. The molecule has 0 aromatic carbocycles. The Labute approximate surface area is 115 Å². The zero-order valence-corrected chi connectivity index (χ0v) is 13.5. The van der Waals surface area contributed by atoms with Crippen molar-refractivity contribution in [3.8, 4) is 0 Å². The molecule has 0 spiro atoms. The van der Waals surface area contributed by atoms with Crippen LogP contribution in [0, 0.1) is 29.6 Å². The normalized spacial score (nSPS) is 29.4. The lowest BCUT2D eigenvalue weighted by molar-refractivity contribution is 0.269. The van der Waals surface area contributed by atoms with Crippen LogP contribution in [0.4, 0.5) is 0 Å². The largest absolute Gasteiger partial charge is 0.0882 e. The Balaban J connectivity index is 2.52. The van der Waals surface area contributed by atoms with E-state index in [4.69, 9.17) is 0 Å². The Morgan fingerprint density at radius 3 is 2.06 bits per heavy atom. The molecule has 1 fully saturated rings. The van der Waals surface area contributed by atoms with Gasteiger partial charge in [-0.05, 0) is 55.8 Å². The number of rotatable bonds is 5. The highest BCUT2D eigenvalue weighted by Gasteiger charge is 2.24. The number of allylic oxidation sites excluding steroid dienone is 2. The van der Waals surface area contributed by atoms with Gasteiger partial charge in [0.1, 0.15) is 0 Å². The molecule has 0 amide bonds. The van der Waals surface area contributed by atoms with Gasteiger partial charge in [0.2, 0.25) is 0 Å². The van der Waals surface area contributed by atoms with Crippen LogP contribution >= 0.6 is 0 Å². The van der Waals surface area contributed by atoms with Crippen molar-refractivity contribution in [2.24, 2.45) is 29.6 Å². The molecule has 2 atom stereocenters. The van der Waals surface area contributed by atoms with Crippen LogP contribution in [0.2, 0.25) is 0 Å². The molecule has 0 heterocycles. The second-order valence-electron chi connectivity index (χ2n) is 7.10. The van der Waals surface area contributed by atoms with Gasteiger partial charge >= 0.3 is 0 Å². The fraction of sp³-hybridized carbons (Fsp3) is 0.889. The van der Waals surface area contributed by atoms with E-state index in [0.717, 1.165) is 29.6 Å². The molecule has 1 saturated carbocycles. The number of hydrogen-bond donors (Lipinski definition) is 0. The van der Waals surface area contributed by atoms with Crippen LogP contribution in [0.1, 0.15) is 73.6 Å². The predicted molar refractivity (Wildman–Crippen MR) is 82.7 cm³/mol. The minimum Gasteiger partial charge on any atom is -0.0882 e. The molecule has 0 aromatic heterocycles. The van der Waals surface area contributed by atoms with E-state index in [1.54, 1.807) is 5.57 Å². The van der Waals surface area contributed by atoms with Crippen LogP contribution in [-0.2, 0) is 0 Å². The van der Waals surface area contributed by atoms with E-state index in [9.17, 15) is 0 Å². The minimum atomic E-state index is 0.810. The summed E-state index contributed by atoms with van der Waals surface area (Å²) in [7, 11) is 0. The van der Waals surface area contributed by atoms with Gasteiger partial charge in [0.05, 0.1) is 0 Å². The van der Waals surface area contributed by atoms with E-state index in [2.05, 4.69) is 47.6 Å². The van der Waals surface area contributed by atoms with Crippen LogP contribution in [-0.4, -0.2) is 0 Å². The predicted octanol–water partition coefficient (Wildman–Crippen LogP) is 6.08. The molecule has 0 radical (unpaired) electrons. The van der Waals surface area contributed by atoms with E-state index in [1.807, 2.05) is 0 Å². The molecular formula is C18H34. The first kappa shape index (κ1) is 15.8. The van der Waals surface area contributed by atoms with Crippen molar-refractivity contribution in [2.75, 3.05) is 0 Å². The summed E-state index contributed by atoms with van der Waals surface area (Å²) in [6.45, 7) is 14.2. The molecule has 0 heteroatoms. The molecule has 106 valence electrons. The van der Waals surface area contributed by atoms with Crippen LogP contribution in [0.3, 0.4) is 0 Å². The quantitative estimate of drug-likeness (QED) is 0.519. The van der Waals surface area contributed by atoms with E-state index in [0.29, 0.717) is 0 Å². The first-order valence-corrected chi connectivity index (χ1v) is 8.10. The molecule has 1 rings (SSSR count). The first-order chi connectivity index (χ1) is 8.45. The Hall–Kier alpha value is -0.260. The molecule has 0 aromatic rings. The molecule has 0 saturated heterocycles. The van der Waals surface area contributed by atoms with Gasteiger partial charge in [-0.25, -0.2) is 0 Å². The fourth-order valence-corrected chi connectivity index (χ4v) is 3.37. The van der Waals surface area contributed by atoms with E-state index in [-0.39, 0.29) is 0 Å². The van der Waals surface area contributed by atoms with Crippen molar-refractivity contribution in [1.82, 2.24) is 0 Å². The van der Waals surface area contributed by atoms with Crippen LogP contribution in [0.15, 0.2) is 11.6 Å². The summed E-state index contributed by atoms with van der Waals surface area (Å²) < 4.78 is 0. The average Bonchev–Trinajstić information content (AvgIpc) is 2.35. The van der Waals surface area contributed by atoms with Gasteiger partial charge in [-0.1, -0.05) is 59.1 Å². The fourth-order valence-electron chi connectivity index (χ4n) is 3.37. The lowest BCUT2D eigenvalue weighted by Crippen LogP contribution is -2.19. The summed E-state index contributed by atoms with van der Waals surface area (Å²) in [4.78, 5) is 0. The summed E-state index contributed by atoms with van der Waals surface area (Å²) >= 11 is 0. The third-order valence-electron chi connectivity index (χ3n) is 5.42. The molecule has 2 unspecified atom stereocenters. The topological polar surface area (TPSA) is 0 Å². The minimum absolute atomic E-state index is 0.810. The Bertz CT molecular complexity index is 253. The second-order valence-corrected chi connectivity index (χ2v) is 7.10. The van der Waals surface area contributed by atoms with Gasteiger partial charge in [-0.3, -0.25) is 0 Å². The third kappa shape index (κ3) is 4.44. The molecule has 0 aliphatic heterocycles. The molecule has 0 bridgehead atoms. The van der Waals surface area contributed by atoms with Gasteiger partial charge in [0.25, 0.3) is 0 Å². The number of hydrogen-bond acceptors (Lipinski definition) is 0. The van der Waals surface area contributed by atoms with Crippen molar-refractivity contribution in [3.05, 3.63) is 11.6 Å². The average molecular weight is 250 g/mol. The highest BCUT2D eigenvalue weighted by atomic mass is 14.3. The molecule has 1 aliphatic carbocycles. The lowest BCUT2D eigenvalue weighted by Gasteiger charge is -2.31. The highest BCUT2D eigenvalue weighted by Crippen LogP contribution is 2.37. The van der Waals surface area contributed by atoms with E-state index >= 15 is 0 Å². The third-order valence-corrected chi connectivity index (χ3v) is 5.42. The molecule has 18 heavy (non-hydrogen) atoms. The van der Waals surface area contributed by atoms with Crippen LogP contribution in [0.25, 0.3) is 0 Å². The lowest BCUT2D eigenvalue weighted by atomic mass is 9.74. The monoisotopic (exact) mass is 250 g/mol. The second kappa shape index (κ2) is 7.36. The standard InChI is InChI=1S/C18H34/c1-7-17(12-15(5)16(6)13(2)3)18-10-8-14(4)9-11-18/h7,13-16,18H,8-12H2,1-6H3. The van der Waals surface area contributed by atoms with Crippen LogP contribution in [0.5, 0.6) is 0 Å². The molecular weight excluding hydrogens is 216 g/mol.